The van der Waals surface area contributed by atoms with E-state index in [1.54, 1.807) is 44.6 Å². The summed E-state index contributed by atoms with van der Waals surface area (Å²) in [4.78, 5) is 43.1. The number of benzene rings is 4. The molecule has 1 unspecified atom stereocenters. The number of rotatable bonds is 22. The Morgan fingerprint density at radius 2 is 1.28 bits per heavy atom. The molecule has 0 spiro atoms. The van der Waals surface area contributed by atoms with E-state index in [1.807, 2.05) is 78.9 Å². The molecule has 5 aromatic rings. The number of ether oxygens (including phenoxy) is 4. The lowest BCUT2D eigenvalue weighted by Crippen LogP contribution is -2.43. The third-order valence-electron chi connectivity index (χ3n) is 9.65. The van der Waals surface area contributed by atoms with Crippen LogP contribution < -0.4 is 20.7 Å². The molecule has 0 fully saturated rings. The van der Waals surface area contributed by atoms with Crippen molar-refractivity contribution in [2.24, 2.45) is 0 Å². The van der Waals surface area contributed by atoms with Gasteiger partial charge in [-0.25, -0.2) is 16.0 Å². The van der Waals surface area contributed by atoms with Gasteiger partial charge in [0.25, 0.3) is 20.0 Å². The van der Waals surface area contributed by atoms with Crippen molar-refractivity contribution in [1.29, 1.82) is 0 Å². The van der Waals surface area contributed by atoms with Gasteiger partial charge in [-0.3, -0.25) is 14.2 Å². The van der Waals surface area contributed by atoms with Crippen molar-refractivity contribution >= 4 is 14.4 Å². The van der Waals surface area contributed by atoms with Crippen LogP contribution in [0, 0.1) is 6.57 Å². The molecule has 0 saturated heterocycles. The van der Waals surface area contributed by atoms with E-state index < -0.39 is 37.4 Å². The topological polar surface area (TPSA) is 124 Å². The molecule has 13 nitrogen and oxygen atoms in total. The SMILES string of the molecule is [C-]#[N+]CCOP(OC[C@@H](COC(c1ccccc1)(c1ccc(OC)cc1)c1ccc(OC)cc1)OCCn1ccc(=O)n(C(=O)c2ccccc2)c1=O)N(C(C)C)C(C)C. The zero-order chi connectivity index (χ0) is 43.1. The van der Waals surface area contributed by atoms with Crippen LogP contribution in [-0.2, 0) is 30.7 Å². The van der Waals surface area contributed by atoms with Crippen LogP contribution in [0.4, 0.5) is 0 Å². The summed E-state index contributed by atoms with van der Waals surface area (Å²) >= 11 is 0. The third-order valence-corrected chi connectivity index (χ3v) is 11.7. The van der Waals surface area contributed by atoms with Crippen molar-refractivity contribution in [1.82, 2.24) is 13.8 Å². The van der Waals surface area contributed by atoms with E-state index >= 15 is 0 Å². The molecular weight excluding hydrogens is 783 g/mol. The van der Waals surface area contributed by atoms with Crippen molar-refractivity contribution in [3.63, 3.8) is 0 Å². The van der Waals surface area contributed by atoms with Crippen LogP contribution in [0.3, 0.4) is 0 Å². The number of methoxy groups -OCH3 is 2. The summed E-state index contributed by atoms with van der Waals surface area (Å²) < 4.78 is 41.6. The lowest BCUT2D eigenvalue weighted by molar-refractivity contribution is -0.0801. The standard InChI is InChI=1S/C46H53N4O9P/c1-34(2)50(35(3)4)60(58-30-27-47-5)59-33-42(56-31-29-48-28-26-43(51)49(45(48)53)44(52)36-14-10-8-11-15-36)32-57-46(37-16-12-9-13-17-37,38-18-22-40(54-6)23-19-38)39-20-24-41(55-7)25-21-39/h8-26,28,34-35,42H,27,29-33H2,1-4,6-7H3/t42-,60?/m1/s1. The van der Waals surface area contributed by atoms with Crippen molar-refractivity contribution in [2.75, 3.05) is 47.2 Å². The second kappa shape index (κ2) is 22.2. The van der Waals surface area contributed by atoms with Gasteiger partial charge in [-0.15, -0.1) is 0 Å². The maximum Gasteiger partial charge on any atom is 0.338 e. The van der Waals surface area contributed by atoms with Crippen LogP contribution in [0.5, 0.6) is 11.5 Å². The minimum Gasteiger partial charge on any atom is -0.497 e. The van der Waals surface area contributed by atoms with E-state index in [0.29, 0.717) is 16.1 Å². The highest BCUT2D eigenvalue weighted by Gasteiger charge is 2.39. The van der Waals surface area contributed by atoms with Crippen molar-refractivity contribution in [3.05, 3.63) is 176 Å². The molecule has 0 N–H and O–H groups in total. The van der Waals surface area contributed by atoms with E-state index in [-0.39, 0.29) is 57.2 Å². The molecule has 0 radical (unpaired) electrons. The average molecular weight is 837 g/mol. The van der Waals surface area contributed by atoms with Gasteiger partial charge >= 0.3 is 5.69 Å². The quantitative estimate of drug-likeness (QED) is 0.0302. The van der Waals surface area contributed by atoms with Crippen LogP contribution in [0.2, 0.25) is 0 Å². The Morgan fingerprint density at radius 3 is 1.82 bits per heavy atom. The maximum atomic E-state index is 13.6. The van der Waals surface area contributed by atoms with Gasteiger partial charge in [0.1, 0.15) is 29.8 Å². The number of nitrogens with zero attached hydrogens (tertiary/aromatic N) is 4. The molecule has 0 aliphatic carbocycles. The lowest BCUT2D eigenvalue weighted by atomic mass is 9.80. The van der Waals surface area contributed by atoms with Gasteiger partial charge < -0.3 is 32.8 Å². The second-order valence-electron chi connectivity index (χ2n) is 14.3. The van der Waals surface area contributed by atoms with E-state index in [1.165, 1.54) is 16.8 Å². The summed E-state index contributed by atoms with van der Waals surface area (Å²) in [7, 11) is 1.60. The number of hydrogen-bond acceptors (Lipinski definition) is 10. The molecule has 1 aromatic heterocycles. The van der Waals surface area contributed by atoms with E-state index in [9.17, 15) is 14.4 Å². The van der Waals surface area contributed by atoms with Crippen LogP contribution in [0.15, 0.2) is 131 Å². The highest BCUT2D eigenvalue weighted by Crippen LogP contribution is 2.46. The molecule has 0 saturated carbocycles. The predicted octanol–water partition coefficient (Wildman–Crippen LogP) is 7.41. The Kier molecular flexibility index (Phi) is 16.9. The van der Waals surface area contributed by atoms with Crippen LogP contribution in [0.1, 0.15) is 54.7 Å². The summed E-state index contributed by atoms with van der Waals surface area (Å²) in [6.07, 6.45) is 0.624. The molecule has 5 rings (SSSR count). The molecule has 14 heteroatoms. The molecule has 0 aliphatic rings. The number of carbonyl (C=O) groups is 1. The number of carbonyl (C=O) groups excluding carboxylic acids is 1. The van der Waals surface area contributed by atoms with Crippen LogP contribution in [-0.4, -0.2) is 85.1 Å². The molecular formula is C46H53N4O9P. The molecule has 0 amide bonds. The second-order valence-corrected chi connectivity index (χ2v) is 15.7. The van der Waals surface area contributed by atoms with Gasteiger partial charge in [0.15, 0.2) is 0 Å². The zero-order valence-electron chi connectivity index (χ0n) is 34.9. The van der Waals surface area contributed by atoms with Crippen molar-refractivity contribution in [2.45, 2.75) is 58.0 Å². The highest BCUT2D eigenvalue weighted by atomic mass is 31.2. The van der Waals surface area contributed by atoms with Crippen molar-refractivity contribution in [3.8, 4) is 11.5 Å². The number of aromatic nitrogens is 2. The first-order valence-corrected chi connectivity index (χ1v) is 20.9. The van der Waals surface area contributed by atoms with Gasteiger partial charge in [0.2, 0.25) is 6.54 Å². The fourth-order valence-electron chi connectivity index (χ4n) is 6.79. The lowest BCUT2D eigenvalue weighted by Gasteiger charge is -2.38. The van der Waals surface area contributed by atoms with Gasteiger partial charge in [-0.05, 0) is 80.8 Å². The minimum atomic E-state index is -1.63. The molecule has 2 atom stereocenters. The first kappa shape index (κ1) is 45.6. The summed E-state index contributed by atoms with van der Waals surface area (Å²) in [5.74, 6) is 0.647. The fraction of sp³-hybridized carbons (Fsp3) is 0.348. The summed E-state index contributed by atoms with van der Waals surface area (Å²) in [5.41, 5.74) is 0.0389. The van der Waals surface area contributed by atoms with Crippen LogP contribution in [0.25, 0.3) is 4.85 Å². The minimum absolute atomic E-state index is 0.00241. The summed E-state index contributed by atoms with van der Waals surface area (Å²) in [6.45, 7) is 16.0. The van der Waals surface area contributed by atoms with Crippen LogP contribution >= 0.6 is 8.53 Å². The van der Waals surface area contributed by atoms with Gasteiger partial charge in [0, 0.05) is 29.9 Å². The Labute approximate surface area is 352 Å². The fourth-order valence-corrected chi connectivity index (χ4v) is 8.42. The summed E-state index contributed by atoms with van der Waals surface area (Å²) in [6, 6.07) is 34.8. The molecule has 316 valence electrons. The zero-order valence-corrected chi connectivity index (χ0v) is 35.8. The predicted molar refractivity (Wildman–Crippen MR) is 232 cm³/mol. The third kappa shape index (κ3) is 11.2. The smallest absolute Gasteiger partial charge is 0.338 e. The Morgan fingerprint density at radius 1 is 0.733 bits per heavy atom. The van der Waals surface area contributed by atoms with Gasteiger partial charge in [0.05, 0.1) is 40.6 Å². The normalized spacial score (nSPS) is 12.7. The molecule has 0 aliphatic heterocycles. The Balaban J connectivity index is 1.52. The highest BCUT2D eigenvalue weighted by molar-refractivity contribution is 7.44. The molecule has 1 heterocycles. The Hall–Kier alpha value is -5.45. The number of hydrogen-bond donors (Lipinski definition) is 0. The average Bonchev–Trinajstić information content (AvgIpc) is 3.26. The van der Waals surface area contributed by atoms with E-state index in [0.717, 1.165) is 16.7 Å². The van der Waals surface area contributed by atoms with E-state index in [4.69, 9.17) is 34.6 Å². The largest absolute Gasteiger partial charge is 0.497 e. The van der Waals surface area contributed by atoms with Crippen molar-refractivity contribution < 1.29 is 32.8 Å². The molecule has 4 aromatic carbocycles. The summed E-state index contributed by atoms with van der Waals surface area (Å²) in [5, 5.41) is 0. The first-order chi connectivity index (χ1) is 29.0. The maximum absolute atomic E-state index is 13.6. The molecule has 60 heavy (non-hydrogen) atoms. The molecule has 0 bridgehead atoms. The monoisotopic (exact) mass is 836 g/mol. The van der Waals surface area contributed by atoms with Gasteiger partial charge in [-0.2, -0.15) is 4.57 Å². The first-order valence-electron chi connectivity index (χ1n) is 19.7. The Bertz CT molecular complexity index is 2200. The van der Waals surface area contributed by atoms with Gasteiger partial charge in [-0.1, -0.05) is 72.8 Å². The van der Waals surface area contributed by atoms with E-state index in [2.05, 4.69) is 37.2 Å².